The Morgan fingerprint density at radius 2 is 2.12 bits per heavy atom. The lowest BCUT2D eigenvalue weighted by Gasteiger charge is -2.49. The van der Waals surface area contributed by atoms with Gasteiger partial charge in [0.15, 0.2) is 16.0 Å². The molecule has 0 unspecified atom stereocenters. The lowest BCUT2D eigenvalue weighted by molar-refractivity contribution is -0.144. The normalized spacial score (nSPS) is 18.8. The molecule has 1 fully saturated rings. The largest absolute Gasteiger partial charge is 0.398 e. The number of thioether (sulfide) groups is 2. The Bertz CT molecular complexity index is 1590. The molecule has 1 saturated heterocycles. The second kappa shape index (κ2) is 13.4. The highest BCUT2D eigenvalue weighted by Gasteiger charge is 2.53. The number of sulfonamides is 1. The number of aryl methyl sites for hydroxylation is 1. The van der Waals surface area contributed by atoms with Crippen LogP contribution in [-0.4, -0.2) is 83.8 Å². The monoisotopic (exact) mass is 651 g/mol. The van der Waals surface area contributed by atoms with Crippen molar-refractivity contribution in [2.24, 2.45) is 5.16 Å². The fourth-order valence-corrected chi connectivity index (χ4v) is 7.87. The Labute approximate surface area is 254 Å². The topological polar surface area (TPSA) is 190 Å². The Morgan fingerprint density at radius 3 is 2.76 bits per heavy atom. The standard InChI is InChI=1S/C25H27N6O7S4/c1-13-4-5-17(42(36,37)27-6-7-39-14(2)33)9-15(13)8-16-11-40-24-21(23(35)31(24)19(16)10-32)29-22(34)20(30-38-3)18-12-41-25(26)28-18/h4-5,9,12,21,24,27H,6-8,11H2,1-3H3,(H2,26,28)(H,29,34)/b30-20-/t21-,24-/m1/s1. The summed E-state index contributed by atoms with van der Waals surface area (Å²) in [6.45, 7) is 3.33. The summed E-state index contributed by atoms with van der Waals surface area (Å²) in [6, 6.07) is 3.77. The number of β-lactam (4-membered cyclic amide) rings is 1. The van der Waals surface area contributed by atoms with Crippen molar-refractivity contribution < 1.29 is 32.4 Å². The molecule has 2 aliphatic heterocycles. The number of rotatable bonds is 12. The summed E-state index contributed by atoms with van der Waals surface area (Å²) >= 11 is 3.50. The van der Waals surface area contributed by atoms with Crippen LogP contribution in [0, 0.1) is 6.92 Å². The van der Waals surface area contributed by atoms with Crippen LogP contribution in [0.3, 0.4) is 0 Å². The van der Waals surface area contributed by atoms with Gasteiger partial charge in [-0.1, -0.05) is 23.0 Å². The van der Waals surface area contributed by atoms with Crippen molar-refractivity contribution in [3.63, 3.8) is 0 Å². The van der Waals surface area contributed by atoms with Gasteiger partial charge in [-0.3, -0.25) is 24.1 Å². The average Bonchev–Trinajstić information content (AvgIpc) is 3.38. The van der Waals surface area contributed by atoms with Crippen LogP contribution < -0.4 is 15.8 Å². The number of thiazole rings is 1. The van der Waals surface area contributed by atoms with E-state index in [4.69, 9.17) is 10.6 Å². The number of amides is 2. The zero-order chi connectivity index (χ0) is 30.6. The molecule has 223 valence electrons. The van der Waals surface area contributed by atoms with Gasteiger partial charge in [0.25, 0.3) is 18.1 Å². The number of nitrogen functional groups attached to an aromatic ring is 1. The summed E-state index contributed by atoms with van der Waals surface area (Å²) < 4.78 is 28.1. The molecule has 2 atom stereocenters. The number of nitrogens with two attached hydrogens (primary N) is 1. The van der Waals surface area contributed by atoms with Crippen molar-refractivity contribution in [2.45, 2.75) is 36.6 Å². The summed E-state index contributed by atoms with van der Waals surface area (Å²) in [5.41, 5.74) is 7.86. The number of aromatic nitrogens is 1. The van der Waals surface area contributed by atoms with Crippen LogP contribution in [0.2, 0.25) is 0 Å². The number of carbonyl (C=O) groups is 3. The van der Waals surface area contributed by atoms with E-state index < -0.39 is 33.3 Å². The molecule has 17 heteroatoms. The number of anilines is 1. The number of hydrogen-bond acceptors (Lipinski definition) is 13. The summed E-state index contributed by atoms with van der Waals surface area (Å²) in [4.78, 5) is 59.4. The maximum Gasteiger partial charge on any atom is 0.276 e. The second-order valence-electron chi connectivity index (χ2n) is 9.11. The molecule has 0 aliphatic carbocycles. The predicted octanol–water partition coefficient (Wildman–Crippen LogP) is 0.949. The van der Waals surface area contributed by atoms with Gasteiger partial charge in [0.1, 0.15) is 24.2 Å². The number of nitrogens with zero attached hydrogens (tertiary/aromatic N) is 3. The minimum atomic E-state index is -3.83. The van der Waals surface area contributed by atoms with E-state index in [9.17, 15) is 27.6 Å². The maximum absolute atomic E-state index is 13.1. The van der Waals surface area contributed by atoms with Crippen LogP contribution in [0.4, 0.5) is 5.13 Å². The quantitative estimate of drug-likeness (QED) is 0.128. The molecule has 0 saturated carbocycles. The molecule has 1 aromatic carbocycles. The first kappa shape index (κ1) is 31.7. The van der Waals surface area contributed by atoms with E-state index in [0.29, 0.717) is 22.6 Å². The van der Waals surface area contributed by atoms with Crippen molar-refractivity contribution in [3.8, 4) is 0 Å². The van der Waals surface area contributed by atoms with Gasteiger partial charge in [-0.05, 0) is 42.2 Å². The molecule has 4 rings (SSSR count). The van der Waals surface area contributed by atoms with E-state index >= 15 is 0 Å². The number of hydrogen-bond donors (Lipinski definition) is 3. The maximum atomic E-state index is 13.1. The Kier molecular flexibility index (Phi) is 10.1. The van der Waals surface area contributed by atoms with Crippen LogP contribution >= 0.6 is 34.9 Å². The number of benzene rings is 1. The Hall–Kier alpha value is -3.25. The molecule has 1 radical (unpaired) electrons. The first-order valence-corrected chi connectivity index (χ1v) is 16.8. The lowest BCUT2D eigenvalue weighted by Crippen LogP contribution is -2.70. The van der Waals surface area contributed by atoms with Crippen LogP contribution in [0.25, 0.3) is 0 Å². The molecule has 42 heavy (non-hydrogen) atoms. The van der Waals surface area contributed by atoms with E-state index in [2.05, 4.69) is 20.2 Å². The summed E-state index contributed by atoms with van der Waals surface area (Å²) in [7, 11) is -2.56. The molecule has 2 aromatic rings. The van der Waals surface area contributed by atoms with Gasteiger partial charge in [-0.25, -0.2) is 18.1 Å². The minimum Gasteiger partial charge on any atom is -0.398 e. The average molecular weight is 652 g/mol. The third-order valence-electron chi connectivity index (χ3n) is 6.33. The SMILES string of the molecule is CO/N=C(\C(=O)N[C@@H]1C(=O)N2C([C]=O)=C(Cc3cc(S(=O)(=O)NCCSC(C)=O)ccc3C)CS[C@H]12)c1csc(N)n1. The van der Waals surface area contributed by atoms with Gasteiger partial charge in [0.2, 0.25) is 10.0 Å². The number of allylic oxidation sites excluding steroid dienone is 1. The summed E-state index contributed by atoms with van der Waals surface area (Å²) in [5, 5.41) is 7.50. The van der Waals surface area contributed by atoms with Crippen molar-refractivity contribution in [1.82, 2.24) is 19.9 Å². The Morgan fingerprint density at radius 1 is 1.36 bits per heavy atom. The first-order valence-electron chi connectivity index (χ1n) is 12.4. The third kappa shape index (κ3) is 6.86. The van der Waals surface area contributed by atoms with E-state index in [-0.39, 0.29) is 45.2 Å². The zero-order valence-corrected chi connectivity index (χ0v) is 26.0. The fourth-order valence-electron chi connectivity index (χ4n) is 4.28. The molecule has 2 aliphatic rings. The highest BCUT2D eigenvalue weighted by atomic mass is 32.2. The highest BCUT2D eigenvalue weighted by Crippen LogP contribution is 2.40. The van der Waals surface area contributed by atoms with Crippen LogP contribution in [0.15, 0.2) is 44.9 Å². The van der Waals surface area contributed by atoms with Crippen molar-refractivity contribution in [2.75, 3.05) is 30.9 Å². The smallest absolute Gasteiger partial charge is 0.276 e. The Balaban J connectivity index is 1.49. The number of carbonyl (C=O) groups excluding carboxylic acids is 4. The lowest BCUT2D eigenvalue weighted by atomic mass is 9.97. The van der Waals surface area contributed by atoms with Crippen LogP contribution in [0.5, 0.6) is 0 Å². The van der Waals surface area contributed by atoms with Crippen molar-refractivity contribution in [3.05, 3.63) is 51.7 Å². The fraction of sp³-hybridized carbons (Fsp3) is 0.360. The molecule has 2 amide bonds. The molecule has 4 N–H and O–H groups in total. The zero-order valence-electron chi connectivity index (χ0n) is 22.7. The van der Waals surface area contributed by atoms with Crippen molar-refractivity contribution in [1.29, 1.82) is 0 Å². The summed E-state index contributed by atoms with van der Waals surface area (Å²) in [5.74, 6) is -0.521. The number of oxime groups is 1. The van der Waals surface area contributed by atoms with E-state index in [1.807, 2.05) is 13.2 Å². The van der Waals surface area contributed by atoms with Gasteiger partial charge < -0.3 is 15.9 Å². The van der Waals surface area contributed by atoms with Gasteiger partial charge in [-0.2, -0.15) is 0 Å². The second-order valence-corrected chi connectivity index (χ2v) is 14.1. The van der Waals surface area contributed by atoms with Crippen LogP contribution in [-0.2, 0) is 40.5 Å². The van der Waals surface area contributed by atoms with Gasteiger partial charge in [0, 0.05) is 30.4 Å². The van der Waals surface area contributed by atoms with Crippen molar-refractivity contribution >= 4 is 78.9 Å². The summed E-state index contributed by atoms with van der Waals surface area (Å²) in [6.07, 6.45) is 2.09. The first-order chi connectivity index (χ1) is 20.0. The minimum absolute atomic E-state index is 0.0488. The highest BCUT2D eigenvalue weighted by molar-refractivity contribution is 8.13. The van der Waals surface area contributed by atoms with Gasteiger partial charge >= 0.3 is 0 Å². The molecule has 1 aromatic heterocycles. The number of nitrogens with one attached hydrogen (secondary N) is 2. The van der Waals surface area contributed by atoms with Gasteiger partial charge in [-0.15, -0.1) is 23.1 Å². The number of fused-ring (bicyclic) bond motifs is 1. The molecular formula is C25H27N6O7S4. The molecular weight excluding hydrogens is 625 g/mol. The predicted molar refractivity (Wildman–Crippen MR) is 161 cm³/mol. The van der Waals surface area contributed by atoms with E-state index in [0.717, 1.165) is 28.7 Å². The molecule has 13 nitrogen and oxygen atoms in total. The van der Waals surface area contributed by atoms with E-state index in [1.54, 1.807) is 6.07 Å². The molecule has 0 bridgehead atoms. The third-order valence-corrected chi connectivity index (χ3v) is 10.6. The van der Waals surface area contributed by atoms with Crippen LogP contribution in [0.1, 0.15) is 23.7 Å². The van der Waals surface area contributed by atoms with Gasteiger partial charge in [0.05, 0.1) is 10.6 Å². The molecule has 0 spiro atoms. The molecule has 3 heterocycles. The van der Waals surface area contributed by atoms with E-state index in [1.165, 1.54) is 48.2 Å².